The number of hydrogen-bond acceptors (Lipinski definition) is 2. The molecule has 0 spiro atoms. The summed E-state index contributed by atoms with van der Waals surface area (Å²) in [7, 11) is 0. The van der Waals surface area contributed by atoms with Crippen molar-refractivity contribution < 1.29 is 4.79 Å². The van der Waals surface area contributed by atoms with Crippen LogP contribution < -0.4 is 0 Å². The lowest BCUT2D eigenvalue weighted by Crippen LogP contribution is -2.49. The Balaban J connectivity index is 1.46. The monoisotopic (exact) mass is 616 g/mol. The van der Waals surface area contributed by atoms with E-state index in [1.165, 1.54) is 11.1 Å². The first-order chi connectivity index (χ1) is 15.5. The fourth-order valence-corrected chi connectivity index (χ4v) is 4.74. The topological polar surface area (TPSA) is 23.6 Å². The molecular weight excluding hydrogens is 596 g/mol. The van der Waals surface area contributed by atoms with E-state index in [9.17, 15) is 4.79 Å². The minimum absolute atomic E-state index is 0.0661. The number of amides is 1. The van der Waals surface area contributed by atoms with Gasteiger partial charge in [-0.1, -0.05) is 84.2 Å². The molecule has 1 saturated heterocycles. The second-order valence-corrected chi connectivity index (χ2v) is 10.5. The molecule has 0 bridgehead atoms. The molecule has 0 aliphatic carbocycles. The van der Waals surface area contributed by atoms with E-state index < -0.39 is 0 Å². The molecule has 3 aromatic carbocycles. The molecule has 3 aromatic rings. The van der Waals surface area contributed by atoms with E-state index >= 15 is 0 Å². The Hall–Kier alpha value is -1.73. The van der Waals surface area contributed by atoms with Crippen molar-refractivity contribution in [3.8, 4) is 0 Å². The predicted molar refractivity (Wildman–Crippen MR) is 141 cm³/mol. The van der Waals surface area contributed by atoms with Crippen LogP contribution in [0.1, 0.15) is 22.7 Å². The first-order valence-electron chi connectivity index (χ1n) is 10.5. The summed E-state index contributed by atoms with van der Waals surface area (Å²) in [5.74, 6) is 0.0661. The number of benzene rings is 3. The SMILES string of the molecule is O=C(/C=C/c1ccc(Br)cc1)N1CCN(C(c2ccc(Br)cc2)c2ccc(Br)cc2)CC1. The lowest BCUT2D eigenvalue weighted by molar-refractivity contribution is -0.127. The molecule has 0 atom stereocenters. The highest BCUT2D eigenvalue weighted by Gasteiger charge is 2.27. The van der Waals surface area contributed by atoms with Crippen LogP contribution in [0.4, 0.5) is 0 Å². The maximum absolute atomic E-state index is 12.7. The number of carbonyl (C=O) groups is 1. The lowest BCUT2D eigenvalue weighted by Gasteiger charge is -2.39. The average molecular weight is 619 g/mol. The first kappa shape index (κ1) is 23.4. The summed E-state index contributed by atoms with van der Waals surface area (Å²) in [5, 5.41) is 0. The predicted octanol–water partition coefficient (Wildman–Crippen LogP) is 6.92. The largest absolute Gasteiger partial charge is 0.337 e. The molecule has 3 nitrogen and oxygen atoms in total. The van der Waals surface area contributed by atoms with Crippen LogP contribution >= 0.6 is 47.8 Å². The van der Waals surface area contributed by atoms with Gasteiger partial charge in [-0.15, -0.1) is 0 Å². The van der Waals surface area contributed by atoms with Gasteiger partial charge >= 0.3 is 0 Å². The fraction of sp³-hybridized carbons (Fsp3) is 0.192. The van der Waals surface area contributed by atoms with Crippen molar-refractivity contribution in [3.05, 3.63) is 109 Å². The van der Waals surface area contributed by atoms with E-state index in [0.29, 0.717) is 13.1 Å². The Labute approximate surface area is 214 Å². The van der Waals surface area contributed by atoms with E-state index in [1.807, 2.05) is 35.2 Å². The summed E-state index contributed by atoms with van der Waals surface area (Å²) in [6.45, 7) is 3.09. The second-order valence-electron chi connectivity index (χ2n) is 7.75. The van der Waals surface area contributed by atoms with E-state index in [0.717, 1.165) is 32.1 Å². The quantitative estimate of drug-likeness (QED) is 0.290. The van der Waals surface area contributed by atoms with Crippen LogP contribution in [-0.4, -0.2) is 41.9 Å². The molecule has 4 rings (SSSR count). The zero-order chi connectivity index (χ0) is 22.5. The zero-order valence-corrected chi connectivity index (χ0v) is 22.2. The number of carbonyl (C=O) groups excluding carboxylic acids is 1. The summed E-state index contributed by atoms with van der Waals surface area (Å²) >= 11 is 10.5. The molecule has 164 valence electrons. The third kappa shape index (κ3) is 5.98. The van der Waals surface area contributed by atoms with E-state index in [1.54, 1.807) is 6.08 Å². The smallest absolute Gasteiger partial charge is 0.246 e. The molecule has 32 heavy (non-hydrogen) atoms. The summed E-state index contributed by atoms with van der Waals surface area (Å²) in [4.78, 5) is 17.1. The number of rotatable bonds is 5. The van der Waals surface area contributed by atoms with Crippen LogP contribution in [0.3, 0.4) is 0 Å². The molecule has 0 saturated carbocycles. The molecule has 0 N–H and O–H groups in total. The van der Waals surface area contributed by atoms with Crippen molar-refractivity contribution in [2.75, 3.05) is 26.2 Å². The highest BCUT2D eigenvalue weighted by atomic mass is 79.9. The van der Waals surface area contributed by atoms with Gasteiger partial charge in [0.2, 0.25) is 5.91 Å². The van der Waals surface area contributed by atoms with Crippen LogP contribution in [0.15, 0.2) is 92.3 Å². The van der Waals surface area contributed by atoms with Crippen molar-refractivity contribution >= 4 is 59.8 Å². The van der Waals surface area contributed by atoms with Crippen molar-refractivity contribution in [3.63, 3.8) is 0 Å². The Morgan fingerprint density at radius 2 is 1.12 bits per heavy atom. The summed E-state index contributed by atoms with van der Waals surface area (Å²) < 4.78 is 3.18. The number of halogens is 3. The molecule has 1 amide bonds. The minimum Gasteiger partial charge on any atom is -0.337 e. The maximum atomic E-state index is 12.7. The van der Waals surface area contributed by atoms with Gasteiger partial charge in [-0.2, -0.15) is 0 Å². The molecule has 1 fully saturated rings. The Bertz CT molecular complexity index is 1030. The summed E-state index contributed by atoms with van der Waals surface area (Å²) in [6, 6.07) is 25.2. The summed E-state index contributed by atoms with van der Waals surface area (Å²) in [5.41, 5.74) is 3.53. The van der Waals surface area contributed by atoms with Gasteiger partial charge in [0.15, 0.2) is 0 Å². The molecule has 0 unspecified atom stereocenters. The number of nitrogens with zero attached hydrogens (tertiary/aromatic N) is 2. The molecule has 0 aromatic heterocycles. The summed E-state index contributed by atoms with van der Waals surface area (Å²) in [6.07, 6.45) is 3.56. The van der Waals surface area contributed by atoms with Crippen LogP contribution in [0.25, 0.3) is 6.08 Å². The van der Waals surface area contributed by atoms with E-state index in [-0.39, 0.29) is 11.9 Å². The van der Waals surface area contributed by atoms with Crippen molar-refractivity contribution in [2.45, 2.75) is 6.04 Å². The van der Waals surface area contributed by atoms with Crippen LogP contribution in [0.2, 0.25) is 0 Å². The zero-order valence-electron chi connectivity index (χ0n) is 17.4. The van der Waals surface area contributed by atoms with Gasteiger partial charge < -0.3 is 4.90 Å². The lowest BCUT2D eigenvalue weighted by atomic mass is 9.96. The normalized spacial score (nSPS) is 14.9. The van der Waals surface area contributed by atoms with Crippen LogP contribution in [0, 0.1) is 0 Å². The van der Waals surface area contributed by atoms with Crippen LogP contribution in [-0.2, 0) is 4.79 Å². The number of piperazine rings is 1. The fourth-order valence-electron chi connectivity index (χ4n) is 3.95. The third-order valence-corrected chi connectivity index (χ3v) is 7.24. The van der Waals surface area contributed by atoms with Gasteiger partial charge in [0.1, 0.15) is 0 Å². The van der Waals surface area contributed by atoms with Crippen molar-refractivity contribution in [1.29, 1.82) is 0 Å². The molecule has 1 aliphatic rings. The molecule has 1 aliphatic heterocycles. The molecular formula is C26H23Br3N2O. The van der Waals surface area contributed by atoms with Gasteiger partial charge in [-0.05, 0) is 59.2 Å². The van der Waals surface area contributed by atoms with Crippen LogP contribution in [0.5, 0.6) is 0 Å². The molecule has 1 heterocycles. The van der Waals surface area contributed by atoms with Gasteiger partial charge in [0.05, 0.1) is 6.04 Å². The van der Waals surface area contributed by atoms with E-state index in [2.05, 4.69) is 101 Å². The van der Waals surface area contributed by atoms with Gasteiger partial charge in [0, 0.05) is 45.7 Å². The standard InChI is InChI=1S/C26H23Br3N2O/c27-22-8-1-19(2-9-22)3-14-25(32)30-15-17-31(18-16-30)26(20-4-10-23(28)11-5-20)21-6-12-24(29)13-7-21/h1-14,26H,15-18H2/b14-3+. The van der Waals surface area contributed by atoms with Crippen molar-refractivity contribution in [2.24, 2.45) is 0 Å². The Kier molecular flexibility index (Phi) is 8.00. The van der Waals surface area contributed by atoms with Gasteiger partial charge in [-0.3, -0.25) is 9.69 Å². The Morgan fingerprint density at radius 1 is 0.688 bits per heavy atom. The minimum atomic E-state index is 0.0661. The number of hydrogen-bond donors (Lipinski definition) is 0. The average Bonchev–Trinajstić information content (AvgIpc) is 2.81. The second kappa shape index (κ2) is 10.9. The Morgan fingerprint density at radius 3 is 1.59 bits per heavy atom. The highest BCUT2D eigenvalue weighted by molar-refractivity contribution is 9.11. The maximum Gasteiger partial charge on any atom is 0.246 e. The van der Waals surface area contributed by atoms with Crippen molar-refractivity contribution in [1.82, 2.24) is 9.80 Å². The molecule has 6 heteroatoms. The first-order valence-corrected chi connectivity index (χ1v) is 12.8. The highest BCUT2D eigenvalue weighted by Crippen LogP contribution is 2.31. The van der Waals surface area contributed by atoms with Gasteiger partial charge in [-0.25, -0.2) is 0 Å². The van der Waals surface area contributed by atoms with E-state index in [4.69, 9.17) is 0 Å². The molecule has 0 radical (unpaired) electrons. The third-order valence-electron chi connectivity index (χ3n) is 5.65. The van der Waals surface area contributed by atoms with Gasteiger partial charge in [0.25, 0.3) is 0 Å².